The molecule has 7 heteroatoms. The molecule has 5 nitrogen and oxygen atoms in total. The van der Waals surface area contributed by atoms with E-state index in [0.29, 0.717) is 0 Å². The van der Waals surface area contributed by atoms with Crippen LogP contribution in [0.4, 0.5) is 18.4 Å². The van der Waals surface area contributed by atoms with Crippen molar-refractivity contribution in [2.24, 2.45) is 0 Å². The van der Waals surface area contributed by atoms with Crippen LogP contribution in [0.25, 0.3) is 0 Å². The number of rotatable bonds is 0. The lowest BCUT2D eigenvalue weighted by Crippen LogP contribution is -1.81. The fourth-order valence-corrected chi connectivity index (χ4v) is 0. The van der Waals surface area contributed by atoms with Crippen LogP contribution in [-0.4, -0.2) is 27.7 Å². The van der Waals surface area contributed by atoms with Gasteiger partial charge >= 0.3 is 12.4 Å². The molecule has 0 heterocycles. The predicted octanol–water partition coefficient (Wildman–Crippen LogP) is 1.96. The third kappa shape index (κ3) is 122. The molecule has 0 bridgehead atoms. The first-order valence-corrected chi connectivity index (χ1v) is 1.89. The van der Waals surface area contributed by atoms with Crippen molar-refractivity contribution in [1.29, 1.82) is 0 Å². The van der Waals surface area contributed by atoms with Crippen LogP contribution in [0.2, 0.25) is 0 Å². The van der Waals surface area contributed by atoms with Gasteiger partial charge in [-0.1, -0.05) is 6.58 Å². The largest absolute Gasteiger partial charge is 0.503 e. The average molecular weight is 172 g/mol. The Hall–Kier alpha value is -1.66. The number of carboxylic acid groups (broad SMARTS) is 3. The Labute approximate surface area is 60.2 Å². The zero-order valence-electron chi connectivity index (χ0n) is 5.20. The molecule has 11 heavy (non-hydrogen) atoms. The first-order chi connectivity index (χ1) is 4.88. The van der Waals surface area contributed by atoms with Crippen molar-refractivity contribution >= 4 is 12.4 Å². The molecule has 0 spiro atoms. The number of hydrogen-bond donors (Lipinski definition) is 3. The Morgan fingerprint density at radius 1 is 1.27 bits per heavy atom. The maximum atomic E-state index is 10.1. The van der Waals surface area contributed by atoms with Gasteiger partial charge in [-0.25, -0.2) is 14.0 Å². The zero-order chi connectivity index (χ0) is 9.86. The molecule has 0 aliphatic carbocycles. The van der Waals surface area contributed by atoms with Crippen molar-refractivity contribution < 1.29 is 33.7 Å². The normalized spacial score (nSPS) is 5.64. The van der Waals surface area contributed by atoms with E-state index in [4.69, 9.17) is 24.9 Å². The summed E-state index contributed by atoms with van der Waals surface area (Å²) in [6, 6.07) is 0. The van der Waals surface area contributed by atoms with E-state index in [-0.39, 0.29) is 6.33 Å². The van der Waals surface area contributed by atoms with Crippen LogP contribution in [-0.2, 0) is 0 Å². The fraction of sp³-hybridized carbons (Fsp3) is 0. The molecule has 0 saturated heterocycles. The Morgan fingerprint density at radius 3 is 1.27 bits per heavy atom. The minimum absolute atomic E-state index is 0.250. The molecule has 0 radical (unpaired) electrons. The van der Waals surface area contributed by atoms with E-state index in [1.165, 1.54) is 0 Å². The van der Waals surface area contributed by atoms with Gasteiger partial charge < -0.3 is 15.3 Å². The van der Waals surface area contributed by atoms with Crippen molar-refractivity contribution in [3.63, 3.8) is 0 Å². The lowest BCUT2D eigenvalue weighted by Gasteiger charge is -1.60. The number of carbonyl (C=O) groups is 2. The molecule has 0 aromatic carbocycles. The molecule has 0 fully saturated rings. The Balaban J connectivity index is -0.0000000886. The molecule has 3 N–H and O–H groups in total. The van der Waals surface area contributed by atoms with E-state index in [1.807, 2.05) is 0 Å². The maximum absolute atomic E-state index is 10.1. The molecular formula is C4H6F2O5. The summed E-state index contributed by atoms with van der Waals surface area (Å²) in [7, 11) is 0. The first kappa shape index (κ1) is 16.2. The van der Waals surface area contributed by atoms with Crippen LogP contribution in [0.3, 0.4) is 0 Å². The van der Waals surface area contributed by atoms with Crippen molar-refractivity contribution in [3.8, 4) is 0 Å². The van der Waals surface area contributed by atoms with Gasteiger partial charge in [-0.15, -0.1) is 4.39 Å². The molecule has 0 amide bonds. The first-order valence-electron chi connectivity index (χ1n) is 1.89. The van der Waals surface area contributed by atoms with Crippen LogP contribution >= 0.6 is 0 Å². The Kier molecular flexibility index (Phi) is 23.2. The monoisotopic (exact) mass is 172 g/mol. The molecule has 0 aliphatic heterocycles. The van der Waals surface area contributed by atoms with Gasteiger partial charge in [-0.2, -0.15) is 0 Å². The highest BCUT2D eigenvalue weighted by Gasteiger charge is 1.74. The summed E-state index contributed by atoms with van der Waals surface area (Å²) < 4.78 is 20.0. The third-order valence-electron chi connectivity index (χ3n) is 0. The molecule has 0 atom stereocenters. The molecule has 66 valence electrons. The minimum Gasteiger partial charge on any atom is -0.456 e. The van der Waals surface area contributed by atoms with Gasteiger partial charge in [0.25, 0.3) is 0 Å². The van der Waals surface area contributed by atoms with Gasteiger partial charge in [0.1, 0.15) is 0 Å². The second kappa shape index (κ2) is 15.8. The summed E-state index contributed by atoms with van der Waals surface area (Å²) in [5.41, 5.74) is 0. The Bertz CT molecular complexity index is 104. The standard InChI is InChI=1S/C2H3F.CHFO2.CH2O3/c1-2-3;2*2-1(3)4/h2H,1H2;(H,3,4);(H2,2,3,4). The van der Waals surface area contributed by atoms with Crippen LogP contribution < -0.4 is 0 Å². The summed E-state index contributed by atoms with van der Waals surface area (Å²) in [4.78, 5) is 16.9. The smallest absolute Gasteiger partial charge is 0.456 e. The maximum Gasteiger partial charge on any atom is 0.503 e. The zero-order valence-corrected chi connectivity index (χ0v) is 5.20. The summed E-state index contributed by atoms with van der Waals surface area (Å²) in [5.74, 6) is 0. The molecule has 0 aliphatic rings. The summed E-state index contributed by atoms with van der Waals surface area (Å²) in [6.45, 7) is 2.69. The topological polar surface area (TPSA) is 94.8 Å². The third-order valence-corrected chi connectivity index (χ3v) is 0. The van der Waals surface area contributed by atoms with Crippen LogP contribution in [0, 0.1) is 0 Å². The summed E-state index contributed by atoms with van der Waals surface area (Å²) in [5, 5.41) is 20.7. The van der Waals surface area contributed by atoms with Crippen molar-refractivity contribution in [1.82, 2.24) is 0 Å². The van der Waals surface area contributed by atoms with E-state index in [0.717, 1.165) is 0 Å². The van der Waals surface area contributed by atoms with Gasteiger partial charge in [-0.05, 0) is 0 Å². The fourth-order valence-electron chi connectivity index (χ4n) is 0. The van der Waals surface area contributed by atoms with Gasteiger partial charge in [0.15, 0.2) is 0 Å². The lowest BCUT2D eigenvalue weighted by atomic mass is 11.2. The van der Waals surface area contributed by atoms with E-state index in [1.54, 1.807) is 0 Å². The number of hydrogen-bond acceptors (Lipinski definition) is 2. The van der Waals surface area contributed by atoms with Crippen LogP contribution in [0.15, 0.2) is 12.9 Å². The lowest BCUT2D eigenvalue weighted by molar-refractivity contribution is 0.136. The molecule has 0 aromatic rings. The minimum atomic E-state index is -2.33. The van der Waals surface area contributed by atoms with E-state index < -0.39 is 12.4 Å². The summed E-state index contributed by atoms with van der Waals surface area (Å²) in [6.07, 6.45) is -3.92. The van der Waals surface area contributed by atoms with Crippen molar-refractivity contribution in [2.45, 2.75) is 0 Å². The van der Waals surface area contributed by atoms with Gasteiger partial charge in [0.2, 0.25) is 0 Å². The second-order valence-electron chi connectivity index (χ2n) is 0.690. The van der Waals surface area contributed by atoms with Crippen molar-refractivity contribution in [2.75, 3.05) is 0 Å². The van der Waals surface area contributed by atoms with E-state index in [2.05, 4.69) is 6.58 Å². The quantitative estimate of drug-likeness (QED) is 0.485. The number of halogens is 2. The van der Waals surface area contributed by atoms with Gasteiger partial charge in [0, 0.05) is 0 Å². The van der Waals surface area contributed by atoms with E-state index >= 15 is 0 Å². The summed E-state index contributed by atoms with van der Waals surface area (Å²) >= 11 is 0. The van der Waals surface area contributed by atoms with Crippen molar-refractivity contribution in [3.05, 3.63) is 12.9 Å². The predicted molar refractivity (Wildman–Crippen MR) is 31.1 cm³/mol. The highest BCUT2D eigenvalue weighted by atomic mass is 19.1. The van der Waals surface area contributed by atoms with E-state index in [9.17, 15) is 8.78 Å². The molecule has 0 rings (SSSR count). The SMILES string of the molecule is C=CF.O=C(O)F.O=C(O)O. The highest BCUT2D eigenvalue weighted by molar-refractivity contribution is 5.54. The average Bonchev–Trinajstić information content (AvgIpc) is 1.60. The molecule has 0 unspecified atom stereocenters. The second-order valence-corrected chi connectivity index (χ2v) is 0.690. The van der Waals surface area contributed by atoms with Crippen LogP contribution in [0.1, 0.15) is 0 Å². The van der Waals surface area contributed by atoms with Gasteiger partial charge in [-0.3, -0.25) is 0 Å². The Morgan fingerprint density at radius 2 is 1.27 bits per heavy atom. The molecule has 0 aromatic heterocycles. The van der Waals surface area contributed by atoms with Crippen LogP contribution in [0.5, 0.6) is 0 Å². The highest BCUT2D eigenvalue weighted by Crippen LogP contribution is 1.58. The van der Waals surface area contributed by atoms with Gasteiger partial charge in [0.05, 0.1) is 6.33 Å². The molecule has 0 saturated carbocycles. The molecular weight excluding hydrogens is 166 g/mol.